The van der Waals surface area contributed by atoms with Crippen LogP contribution >= 0.6 is 23.1 Å². The zero-order valence-corrected chi connectivity index (χ0v) is 11.2. The zero-order chi connectivity index (χ0) is 12.0. The Labute approximate surface area is 104 Å². The first kappa shape index (κ1) is 13.5. The van der Waals surface area contributed by atoms with Gasteiger partial charge in [-0.2, -0.15) is 11.8 Å². The number of rotatable bonds is 6. The van der Waals surface area contributed by atoms with Gasteiger partial charge in [0, 0.05) is 11.1 Å². The lowest BCUT2D eigenvalue weighted by molar-refractivity contribution is -0.122. The zero-order valence-electron chi connectivity index (χ0n) is 9.53. The van der Waals surface area contributed by atoms with Gasteiger partial charge in [-0.3, -0.25) is 4.79 Å². The monoisotopic (exact) mass is 259 g/mol. The van der Waals surface area contributed by atoms with Crippen LogP contribution < -0.4 is 11.1 Å². The van der Waals surface area contributed by atoms with Crippen LogP contribution in [0.3, 0.4) is 0 Å². The van der Waals surface area contributed by atoms with E-state index in [1.54, 1.807) is 29.3 Å². The molecule has 1 heterocycles. The Morgan fingerprint density at radius 2 is 2.50 bits per heavy atom. The molecule has 3 N–H and O–H groups in total. The van der Waals surface area contributed by atoms with E-state index in [0.717, 1.165) is 15.6 Å². The van der Waals surface area contributed by atoms with Crippen LogP contribution in [-0.4, -0.2) is 28.9 Å². The molecule has 90 valence electrons. The molecule has 0 saturated heterocycles. The molecule has 0 aliphatic rings. The minimum absolute atomic E-state index is 0.0832. The summed E-state index contributed by atoms with van der Waals surface area (Å²) in [4.78, 5) is 16.7. The molecule has 6 heteroatoms. The van der Waals surface area contributed by atoms with E-state index in [9.17, 15) is 4.79 Å². The SMILES string of the molecule is CSCC[C@H](N)C(=O)NCc1cnc(C)s1. The maximum absolute atomic E-state index is 11.6. The number of carbonyl (C=O) groups is 1. The summed E-state index contributed by atoms with van der Waals surface area (Å²) >= 11 is 3.29. The molecule has 0 aromatic carbocycles. The number of aromatic nitrogens is 1. The normalized spacial score (nSPS) is 12.4. The van der Waals surface area contributed by atoms with Crippen LogP contribution in [0.2, 0.25) is 0 Å². The molecule has 0 saturated carbocycles. The minimum Gasteiger partial charge on any atom is -0.350 e. The number of amides is 1. The van der Waals surface area contributed by atoms with Crippen molar-refractivity contribution in [2.75, 3.05) is 12.0 Å². The highest BCUT2D eigenvalue weighted by molar-refractivity contribution is 7.98. The second-order valence-corrected chi connectivity index (χ2v) is 5.76. The summed E-state index contributed by atoms with van der Waals surface area (Å²) in [5.74, 6) is 0.828. The van der Waals surface area contributed by atoms with Crippen LogP contribution in [0, 0.1) is 6.92 Å². The van der Waals surface area contributed by atoms with E-state index >= 15 is 0 Å². The molecule has 0 spiro atoms. The molecule has 1 rings (SSSR count). The maximum atomic E-state index is 11.6. The van der Waals surface area contributed by atoms with Crippen molar-refractivity contribution >= 4 is 29.0 Å². The Kier molecular flexibility index (Phi) is 5.79. The van der Waals surface area contributed by atoms with E-state index in [4.69, 9.17) is 5.73 Å². The summed E-state index contributed by atoms with van der Waals surface area (Å²) in [7, 11) is 0. The van der Waals surface area contributed by atoms with Gasteiger partial charge in [-0.25, -0.2) is 4.98 Å². The second kappa shape index (κ2) is 6.88. The summed E-state index contributed by atoms with van der Waals surface area (Å²) in [5.41, 5.74) is 5.74. The predicted octanol–water partition coefficient (Wildman–Crippen LogP) is 1.15. The van der Waals surface area contributed by atoms with Crippen molar-refractivity contribution in [2.45, 2.75) is 25.9 Å². The Balaban J connectivity index is 2.29. The average Bonchev–Trinajstić information content (AvgIpc) is 2.68. The van der Waals surface area contributed by atoms with Gasteiger partial charge in [-0.05, 0) is 25.4 Å². The number of hydrogen-bond donors (Lipinski definition) is 2. The Bertz CT molecular complexity index is 341. The highest BCUT2D eigenvalue weighted by Crippen LogP contribution is 2.10. The summed E-state index contributed by atoms with van der Waals surface area (Å²) < 4.78 is 0. The highest BCUT2D eigenvalue weighted by atomic mass is 32.2. The number of thiazole rings is 1. The van der Waals surface area contributed by atoms with E-state index in [1.807, 2.05) is 13.2 Å². The lowest BCUT2D eigenvalue weighted by atomic mass is 10.2. The number of aryl methyl sites for hydroxylation is 1. The molecule has 0 fully saturated rings. The highest BCUT2D eigenvalue weighted by Gasteiger charge is 2.12. The summed E-state index contributed by atoms with van der Waals surface area (Å²) in [6.45, 7) is 2.47. The van der Waals surface area contributed by atoms with E-state index < -0.39 is 6.04 Å². The Morgan fingerprint density at radius 3 is 3.06 bits per heavy atom. The summed E-state index contributed by atoms with van der Waals surface area (Å²) in [6.07, 6.45) is 4.51. The van der Waals surface area contributed by atoms with E-state index in [0.29, 0.717) is 13.0 Å². The third-order valence-electron chi connectivity index (χ3n) is 2.08. The number of carbonyl (C=O) groups excluding carboxylic acids is 1. The van der Waals surface area contributed by atoms with Crippen LogP contribution in [0.25, 0.3) is 0 Å². The fourth-order valence-corrected chi connectivity index (χ4v) is 2.39. The third kappa shape index (κ3) is 4.51. The van der Waals surface area contributed by atoms with Crippen molar-refractivity contribution in [1.82, 2.24) is 10.3 Å². The van der Waals surface area contributed by atoms with E-state index in [1.165, 1.54) is 0 Å². The molecule has 0 unspecified atom stereocenters. The predicted molar refractivity (Wildman–Crippen MR) is 69.7 cm³/mol. The van der Waals surface area contributed by atoms with Gasteiger partial charge in [0.05, 0.1) is 17.6 Å². The number of nitrogens with two attached hydrogens (primary N) is 1. The fourth-order valence-electron chi connectivity index (χ4n) is 1.17. The number of hydrogen-bond acceptors (Lipinski definition) is 5. The van der Waals surface area contributed by atoms with Crippen molar-refractivity contribution in [1.29, 1.82) is 0 Å². The Hall–Kier alpha value is -0.590. The van der Waals surface area contributed by atoms with Gasteiger partial charge in [0.25, 0.3) is 0 Å². The van der Waals surface area contributed by atoms with Gasteiger partial charge in [-0.1, -0.05) is 0 Å². The topological polar surface area (TPSA) is 68.0 Å². The van der Waals surface area contributed by atoms with Gasteiger partial charge in [0.15, 0.2) is 0 Å². The van der Waals surface area contributed by atoms with Gasteiger partial charge < -0.3 is 11.1 Å². The molecule has 1 amide bonds. The van der Waals surface area contributed by atoms with Crippen LogP contribution in [0.1, 0.15) is 16.3 Å². The smallest absolute Gasteiger partial charge is 0.237 e. The molecule has 1 atom stereocenters. The molecule has 16 heavy (non-hydrogen) atoms. The first-order valence-corrected chi connectivity index (χ1v) is 7.28. The molecule has 1 aromatic heterocycles. The maximum Gasteiger partial charge on any atom is 0.237 e. The number of nitrogens with one attached hydrogen (secondary N) is 1. The number of thioether (sulfide) groups is 1. The fraction of sp³-hybridized carbons (Fsp3) is 0.600. The first-order chi connectivity index (χ1) is 7.63. The van der Waals surface area contributed by atoms with E-state index in [2.05, 4.69) is 10.3 Å². The van der Waals surface area contributed by atoms with Crippen molar-refractivity contribution in [3.05, 3.63) is 16.1 Å². The quantitative estimate of drug-likeness (QED) is 0.804. The van der Waals surface area contributed by atoms with Crippen molar-refractivity contribution in [3.63, 3.8) is 0 Å². The molecule has 0 aliphatic carbocycles. The van der Waals surface area contributed by atoms with Gasteiger partial charge in [0.1, 0.15) is 0 Å². The van der Waals surface area contributed by atoms with Crippen LogP contribution in [0.15, 0.2) is 6.20 Å². The van der Waals surface area contributed by atoms with Crippen LogP contribution in [0.5, 0.6) is 0 Å². The summed E-state index contributed by atoms with van der Waals surface area (Å²) in [5, 5.41) is 3.83. The lowest BCUT2D eigenvalue weighted by Gasteiger charge is -2.10. The first-order valence-electron chi connectivity index (χ1n) is 5.07. The van der Waals surface area contributed by atoms with Gasteiger partial charge in [0.2, 0.25) is 5.91 Å². The summed E-state index contributed by atoms with van der Waals surface area (Å²) in [6, 6.07) is -0.401. The van der Waals surface area contributed by atoms with Gasteiger partial charge >= 0.3 is 0 Å². The number of nitrogens with zero attached hydrogens (tertiary/aromatic N) is 1. The molecule has 0 aliphatic heterocycles. The van der Waals surface area contributed by atoms with Gasteiger partial charge in [-0.15, -0.1) is 11.3 Å². The standard InChI is InChI=1S/C10H17N3OS2/c1-7-12-5-8(16-7)6-13-10(14)9(11)3-4-15-2/h5,9H,3-4,6,11H2,1-2H3,(H,13,14)/t9-/m0/s1. The molecule has 0 radical (unpaired) electrons. The van der Waals surface area contributed by atoms with E-state index in [-0.39, 0.29) is 5.91 Å². The Morgan fingerprint density at radius 1 is 1.75 bits per heavy atom. The van der Waals surface area contributed by atoms with Crippen LogP contribution in [0.4, 0.5) is 0 Å². The lowest BCUT2D eigenvalue weighted by Crippen LogP contribution is -2.40. The van der Waals surface area contributed by atoms with Crippen molar-refractivity contribution < 1.29 is 4.79 Å². The molecular weight excluding hydrogens is 242 g/mol. The van der Waals surface area contributed by atoms with Crippen LogP contribution in [-0.2, 0) is 11.3 Å². The molecule has 0 bridgehead atoms. The third-order valence-corrected chi connectivity index (χ3v) is 3.63. The van der Waals surface area contributed by atoms with Crippen molar-refractivity contribution in [2.24, 2.45) is 5.73 Å². The van der Waals surface area contributed by atoms with Crippen molar-refractivity contribution in [3.8, 4) is 0 Å². The largest absolute Gasteiger partial charge is 0.350 e. The second-order valence-electron chi connectivity index (χ2n) is 3.45. The molecule has 4 nitrogen and oxygen atoms in total. The molecular formula is C10H17N3OS2. The molecule has 1 aromatic rings. The average molecular weight is 259 g/mol. The minimum atomic E-state index is -0.401.